The van der Waals surface area contributed by atoms with Crippen molar-refractivity contribution >= 4 is 10.8 Å². The van der Waals surface area contributed by atoms with Crippen LogP contribution in [0.3, 0.4) is 0 Å². The first kappa shape index (κ1) is 11.2. The molecule has 0 bridgehead atoms. The molecule has 1 unspecified atom stereocenters. The highest BCUT2D eigenvalue weighted by molar-refractivity contribution is 7.85. The van der Waals surface area contributed by atoms with Gasteiger partial charge in [-0.05, 0) is 32.1 Å². The molecule has 2 N–H and O–H groups in total. The molecule has 0 spiro atoms. The van der Waals surface area contributed by atoms with E-state index < -0.39 is 10.8 Å². The molecule has 2 nitrogen and oxygen atoms in total. The Hall–Kier alpha value is 0.110. The topological polar surface area (TPSA) is 43.1 Å². The van der Waals surface area contributed by atoms with E-state index in [1.807, 2.05) is 0 Å². The van der Waals surface area contributed by atoms with Crippen molar-refractivity contribution in [2.45, 2.75) is 56.7 Å². The van der Waals surface area contributed by atoms with Crippen LogP contribution in [-0.4, -0.2) is 21.3 Å². The lowest BCUT2D eigenvalue weighted by atomic mass is 9.96. The molecular weight excluding hydrogens is 182 g/mol. The highest BCUT2D eigenvalue weighted by atomic mass is 32.2. The SMILES string of the molecule is CCCCS(=O)C1CCC(N)CC1. The van der Waals surface area contributed by atoms with Gasteiger partial charge >= 0.3 is 0 Å². The van der Waals surface area contributed by atoms with E-state index in [-0.39, 0.29) is 0 Å². The standard InChI is InChI=1S/C10H21NOS/c1-2-3-8-13(12)10-6-4-9(11)5-7-10/h9-10H,2-8,11H2,1H3. The number of nitrogens with two attached hydrogens (primary N) is 1. The second-order valence-corrected chi connectivity index (χ2v) is 5.81. The Kier molecular flexibility index (Phi) is 4.96. The van der Waals surface area contributed by atoms with Gasteiger partial charge in [0.1, 0.15) is 0 Å². The Bertz CT molecular complexity index is 164. The van der Waals surface area contributed by atoms with Crippen LogP contribution in [0.2, 0.25) is 0 Å². The van der Waals surface area contributed by atoms with Crippen molar-refractivity contribution in [1.29, 1.82) is 0 Å². The molecule has 0 aromatic heterocycles. The second-order valence-electron chi connectivity index (χ2n) is 3.98. The summed E-state index contributed by atoms with van der Waals surface area (Å²) in [6, 6.07) is 0.374. The molecule has 0 aromatic rings. The minimum atomic E-state index is -0.577. The number of hydrogen-bond donors (Lipinski definition) is 1. The van der Waals surface area contributed by atoms with Gasteiger partial charge in [-0.15, -0.1) is 0 Å². The van der Waals surface area contributed by atoms with Crippen LogP contribution in [0.25, 0.3) is 0 Å². The van der Waals surface area contributed by atoms with Crippen LogP contribution in [0.4, 0.5) is 0 Å². The molecule has 13 heavy (non-hydrogen) atoms. The van der Waals surface area contributed by atoms with Crippen molar-refractivity contribution < 1.29 is 4.21 Å². The summed E-state index contributed by atoms with van der Waals surface area (Å²) in [5, 5.41) is 0.450. The summed E-state index contributed by atoms with van der Waals surface area (Å²) in [7, 11) is -0.577. The third-order valence-corrected chi connectivity index (χ3v) is 4.70. The molecule has 0 aliphatic heterocycles. The van der Waals surface area contributed by atoms with Crippen molar-refractivity contribution in [3.05, 3.63) is 0 Å². The smallest absolute Gasteiger partial charge is 0.0349 e. The summed E-state index contributed by atoms with van der Waals surface area (Å²) in [6.45, 7) is 2.15. The highest BCUT2D eigenvalue weighted by Gasteiger charge is 2.22. The van der Waals surface area contributed by atoms with Crippen LogP contribution in [0.5, 0.6) is 0 Å². The van der Waals surface area contributed by atoms with Crippen molar-refractivity contribution in [3.63, 3.8) is 0 Å². The van der Waals surface area contributed by atoms with E-state index in [2.05, 4.69) is 6.92 Å². The maximum Gasteiger partial charge on any atom is 0.0349 e. The Labute approximate surface area is 83.7 Å². The summed E-state index contributed by atoms with van der Waals surface area (Å²) < 4.78 is 11.7. The first-order chi connectivity index (χ1) is 6.24. The van der Waals surface area contributed by atoms with Crippen molar-refractivity contribution in [1.82, 2.24) is 0 Å². The molecule has 0 radical (unpaired) electrons. The molecule has 1 aliphatic carbocycles. The predicted octanol–water partition coefficient (Wildman–Crippen LogP) is 1.81. The van der Waals surface area contributed by atoms with Crippen LogP contribution < -0.4 is 5.73 Å². The summed E-state index contributed by atoms with van der Waals surface area (Å²) in [5.41, 5.74) is 5.80. The van der Waals surface area contributed by atoms with Crippen molar-refractivity contribution in [2.75, 3.05) is 5.75 Å². The molecule has 78 valence electrons. The van der Waals surface area contributed by atoms with E-state index >= 15 is 0 Å². The van der Waals surface area contributed by atoms with E-state index in [0.717, 1.165) is 44.3 Å². The van der Waals surface area contributed by atoms with Crippen LogP contribution in [0.1, 0.15) is 45.4 Å². The zero-order chi connectivity index (χ0) is 9.68. The summed E-state index contributed by atoms with van der Waals surface area (Å²) in [6.07, 6.45) is 6.56. The average molecular weight is 203 g/mol. The van der Waals surface area contributed by atoms with Gasteiger partial charge in [0.15, 0.2) is 0 Å². The Balaban J connectivity index is 2.23. The minimum Gasteiger partial charge on any atom is -0.328 e. The van der Waals surface area contributed by atoms with E-state index in [4.69, 9.17) is 5.73 Å². The summed E-state index contributed by atoms with van der Waals surface area (Å²) in [5.74, 6) is 0.899. The third-order valence-electron chi connectivity index (χ3n) is 2.79. The molecular formula is C10H21NOS. The van der Waals surface area contributed by atoms with E-state index in [0.29, 0.717) is 11.3 Å². The normalized spacial score (nSPS) is 31.5. The van der Waals surface area contributed by atoms with Gasteiger partial charge in [0.2, 0.25) is 0 Å². The third kappa shape index (κ3) is 3.77. The second kappa shape index (κ2) is 5.76. The van der Waals surface area contributed by atoms with Gasteiger partial charge in [-0.3, -0.25) is 4.21 Å². The van der Waals surface area contributed by atoms with Gasteiger partial charge in [-0.25, -0.2) is 0 Å². The Morgan fingerprint density at radius 1 is 1.31 bits per heavy atom. The van der Waals surface area contributed by atoms with E-state index in [1.165, 1.54) is 0 Å². The molecule has 0 amide bonds. The summed E-state index contributed by atoms with van der Waals surface area (Å²) >= 11 is 0. The largest absolute Gasteiger partial charge is 0.328 e. The molecule has 3 heteroatoms. The maximum absolute atomic E-state index is 11.7. The molecule has 0 aromatic carbocycles. The van der Waals surface area contributed by atoms with E-state index in [1.54, 1.807) is 0 Å². The zero-order valence-corrected chi connectivity index (χ0v) is 9.31. The van der Waals surface area contributed by atoms with Gasteiger partial charge in [0, 0.05) is 27.8 Å². The molecule has 1 saturated carbocycles. The number of unbranched alkanes of at least 4 members (excludes halogenated alkanes) is 1. The quantitative estimate of drug-likeness (QED) is 0.757. The first-order valence-electron chi connectivity index (χ1n) is 5.36. The first-order valence-corrected chi connectivity index (χ1v) is 6.75. The zero-order valence-electron chi connectivity index (χ0n) is 8.50. The van der Waals surface area contributed by atoms with Crippen molar-refractivity contribution in [2.24, 2.45) is 5.73 Å². The Morgan fingerprint density at radius 2 is 1.92 bits per heavy atom. The van der Waals surface area contributed by atoms with Gasteiger partial charge in [-0.1, -0.05) is 13.3 Å². The molecule has 1 atom stereocenters. The number of hydrogen-bond acceptors (Lipinski definition) is 2. The maximum atomic E-state index is 11.7. The fraction of sp³-hybridized carbons (Fsp3) is 1.00. The van der Waals surface area contributed by atoms with Crippen LogP contribution in [0.15, 0.2) is 0 Å². The fourth-order valence-corrected chi connectivity index (χ4v) is 3.51. The molecule has 0 heterocycles. The van der Waals surface area contributed by atoms with Crippen molar-refractivity contribution in [3.8, 4) is 0 Å². The lowest BCUT2D eigenvalue weighted by molar-refractivity contribution is 0.444. The molecule has 1 aliphatic rings. The van der Waals surface area contributed by atoms with Crippen LogP contribution >= 0.6 is 0 Å². The average Bonchev–Trinajstić information content (AvgIpc) is 2.15. The minimum absolute atomic E-state index is 0.374. The highest BCUT2D eigenvalue weighted by Crippen LogP contribution is 2.22. The Morgan fingerprint density at radius 3 is 2.46 bits per heavy atom. The van der Waals surface area contributed by atoms with Gasteiger partial charge in [0.25, 0.3) is 0 Å². The molecule has 1 rings (SSSR count). The van der Waals surface area contributed by atoms with Gasteiger partial charge < -0.3 is 5.73 Å². The van der Waals surface area contributed by atoms with Crippen LogP contribution in [0, 0.1) is 0 Å². The molecule has 0 saturated heterocycles. The van der Waals surface area contributed by atoms with E-state index in [9.17, 15) is 4.21 Å². The fourth-order valence-electron chi connectivity index (χ4n) is 1.80. The monoisotopic (exact) mass is 203 g/mol. The lowest BCUT2D eigenvalue weighted by Crippen LogP contribution is -2.31. The lowest BCUT2D eigenvalue weighted by Gasteiger charge is -2.25. The predicted molar refractivity (Wildman–Crippen MR) is 58.1 cm³/mol. The molecule has 1 fully saturated rings. The van der Waals surface area contributed by atoms with Crippen LogP contribution in [-0.2, 0) is 10.8 Å². The van der Waals surface area contributed by atoms with Gasteiger partial charge in [0.05, 0.1) is 0 Å². The number of rotatable bonds is 4. The summed E-state index contributed by atoms with van der Waals surface area (Å²) in [4.78, 5) is 0. The van der Waals surface area contributed by atoms with Gasteiger partial charge in [-0.2, -0.15) is 0 Å².